The zero-order valence-electron chi connectivity index (χ0n) is 16.3. The second kappa shape index (κ2) is 9.20. The summed E-state index contributed by atoms with van der Waals surface area (Å²) in [6.07, 6.45) is 2.90. The zero-order valence-corrected chi connectivity index (χ0v) is 16.3. The predicted octanol–water partition coefficient (Wildman–Crippen LogP) is 4.95. The highest BCUT2D eigenvalue weighted by Gasteiger charge is 2.06. The van der Waals surface area contributed by atoms with Crippen LogP contribution in [0.4, 0.5) is 0 Å². The molecule has 0 fully saturated rings. The molecule has 0 heterocycles. The van der Waals surface area contributed by atoms with Crippen LogP contribution in [0.25, 0.3) is 16.8 Å². The first kappa shape index (κ1) is 19.6. The van der Waals surface area contributed by atoms with Crippen LogP contribution in [0.1, 0.15) is 22.3 Å². The van der Waals surface area contributed by atoms with Crippen molar-refractivity contribution in [3.63, 3.8) is 0 Å². The SMILES string of the molecule is CN(C)C/C(=C\c1ccc(C(=O)O)cc1)CCOc1cccc2ccccc12. The summed E-state index contributed by atoms with van der Waals surface area (Å²) in [4.78, 5) is 13.1. The molecule has 0 unspecified atom stereocenters. The predicted molar refractivity (Wildman–Crippen MR) is 114 cm³/mol. The molecule has 144 valence electrons. The number of carboxylic acid groups (broad SMARTS) is 1. The van der Waals surface area contributed by atoms with E-state index in [1.807, 2.05) is 50.5 Å². The first-order chi connectivity index (χ1) is 13.5. The minimum Gasteiger partial charge on any atom is -0.493 e. The van der Waals surface area contributed by atoms with E-state index in [1.54, 1.807) is 12.1 Å². The number of nitrogens with zero attached hydrogens (tertiary/aromatic N) is 1. The van der Waals surface area contributed by atoms with Crippen molar-refractivity contribution in [2.45, 2.75) is 6.42 Å². The molecule has 0 aliphatic carbocycles. The Morgan fingerprint density at radius 2 is 1.71 bits per heavy atom. The second-order valence-electron chi connectivity index (χ2n) is 7.04. The van der Waals surface area contributed by atoms with Crippen molar-refractivity contribution < 1.29 is 14.6 Å². The van der Waals surface area contributed by atoms with Crippen molar-refractivity contribution in [3.05, 3.63) is 83.4 Å². The summed E-state index contributed by atoms with van der Waals surface area (Å²) in [5.74, 6) is -0.0133. The normalized spacial score (nSPS) is 11.8. The Bertz CT molecular complexity index is 969. The molecule has 0 atom stereocenters. The molecule has 0 aromatic heterocycles. The van der Waals surface area contributed by atoms with Crippen LogP contribution in [0.15, 0.2) is 72.3 Å². The van der Waals surface area contributed by atoms with Crippen molar-refractivity contribution in [2.75, 3.05) is 27.2 Å². The van der Waals surface area contributed by atoms with E-state index < -0.39 is 5.97 Å². The topological polar surface area (TPSA) is 49.8 Å². The minimum absolute atomic E-state index is 0.297. The van der Waals surface area contributed by atoms with Crippen LogP contribution in [0.5, 0.6) is 5.75 Å². The number of rotatable bonds is 8. The second-order valence-corrected chi connectivity index (χ2v) is 7.04. The lowest BCUT2D eigenvalue weighted by Crippen LogP contribution is -2.16. The highest BCUT2D eigenvalue weighted by molar-refractivity contribution is 5.88. The van der Waals surface area contributed by atoms with Crippen LogP contribution in [-0.2, 0) is 0 Å². The highest BCUT2D eigenvalue weighted by Crippen LogP contribution is 2.25. The molecular formula is C24H25NO3. The number of hydrogen-bond acceptors (Lipinski definition) is 3. The Balaban J connectivity index is 1.71. The monoisotopic (exact) mass is 375 g/mol. The van der Waals surface area contributed by atoms with Gasteiger partial charge in [0.25, 0.3) is 0 Å². The molecular weight excluding hydrogens is 350 g/mol. The van der Waals surface area contributed by atoms with E-state index in [0.717, 1.165) is 29.7 Å². The molecule has 0 saturated heterocycles. The minimum atomic E-state index is -0.910. The molecule has 0 radical (unpaired) electrons. The van der Waals surface area contributed by atoms with Crippen LogP contribution in [0.2, 0.25) is 0 Å². The molecule has 0 spiro atoms. The first-order valence-corrected chi connectivity index (χ1v) is 9.31. The van der Waals surface area contributed by atoms with Crippen LogP contribution in [0.3, 0.4) is 0 Å². The number of hydrogen-bond donors (Lipinski definition) is 1. The third-order valence-electron chi connectivity index (χ3n) is 4.48. The van der Waals surface area contributed by atoms with E-state index in [-0.39, 0.29) is 0 Å². The average molecular weight is 375 g/mol. The van der Waals surface area contributed by atoms with Gasteiger partial charge in [0.15, 0.2) is 0 Å². The lowest BCUT2D eigenvalue weighted by Gasteiger charge is -2.15. The third-order valence-corrected chi connectivity index (χ3v) is 4.48. The van der Waals surface area contributed by atoms with Gasteiger partial charge in [-0.1, -0.05) is 60.2 Å². The molecule has 0 aliphatic rings. The average Bonchev–Trinajstić information content (AvgIpc) is 2.68. The number of carbonyl (C=O) groups is 1. The highest BCUT2D eigenvalue weighted by atomic mass is 16.5. The molecule has 3 aromatic carbocycles. The fourth-order valence-corrected chi connectivity index (χ4v) is 3.17. The molecule has 0 aliphatic heterocycles. The van der Waals surface area contributed by atoms with Crippen molar-refractivity contribution >= 4 is 22.8 Å². The number of likely N-dealkylation sites (N-methyl/N-ethyl adjacent to an activating group) is 1. The number of aromatic carboxylic acids is 1. The van der Waals surface area contributed by atoms with Crippen LogP contribution in [-0.4, -0.2) is 43.2 Å². The van der Waals surface area contributed by atoms with Gasteiger partial charge >= 0.3 is 5.97 Å². The molecule has 4 nitrogen and oxygen atoms in total. The molecule has 28 heavy (non-hydrogen) atoms. The number of benzene rings is 3. The summed E-state index contributed by atoms with van der Waals surface area (Å²) in [7, 11) is 4.07. The fourth-order valence-electron chi connectivity index (χ4n) is 3.17. The first-order valence-electron chi connectivity index (χ1n) is 9.31. The zero-order chi connectivity index (χ0) is 19.9. The Morgan fingerprint density at radius 1 is 1.00 bits per heavy atom. The van der Waals surface area contributed by atoms with Crippen LogP contribution in [0, 0.1) is 0 Å². The van der Waals surface area contributed by atoms with Crippen LogP contribution >= 0.6 is 0 Å². The number of carboxylic acids is 1. The maximum absolute atomic E-state index is 11.0. The van der Waals surface area contributed by atoms with Gasteiger partial charge in [-0.05, 0) is 43.2 Å². The van der Waals surface area contributed by atoms with Gasteiger partial charge in [0.1, 0.15) is 5.75 Å². The standard InChI is InChI=1S/C24H25NO3/c1-25(2)17-19(16-18-10-12-21(13-11-18)24(26)27)14-15-28-23-9-5-7-20-6-3-4-8-22(20)23/h3-13,16H,14-15,17H2,1-2H3,(H,26,27)/b19-16-. The Labute approximate surface area is 165 Å². The lowest BCUT2D eigenvalue weighted by molar-refractivity contribution is 0.0697. The summed E-state index contributed by atoms with van der Waals surface area (Å²) in [6.45, 7) is 1.40. The van der Waals surface area contributed by atoms with E-state index in [1.165, 1.54) is 11.0 Å². The van der Waals surface area contributed by atoms with Gasteiger partial charge in [0, 0.05) is 18.4 Å². The van der Waals surface area contributed by atoms with Crippen molar-refractivity contribution in [1.82, 2.24) is 4.90 Å². The molecule has 0 saturated carbocycles. The van der Waals surface area contributed by atoms with Gasteiger partial charge in [-0.25, -0.2) is 4.79 Å². The third kappa shape index (κ3) is 5.21. The molecule has 4 heteroatoms. The summed E-state index contributed by atoms with van der Waals surface area (Å²) < 4.78 is 6.08. The molecule has 1 N–H and O–H groups in total. The van der Waals surface area contributed by atoms with Crippen molar-refractivity contribution in [1.29, 1.82) is 0 Å². The molecule has 3 aromatic rings. The molecule has 0 amide bonds. The van der Waals surface area contributed by atoms with Gasteiger partial charge in [-0.2, -0.15) is 0 Å². The summed E-state index contributed by atoms with van der Waals surface area (Å²) in [6, 6.07) is 21.2. The van der Waals surface area contributed by atoms with Crippen molar-refractivity contribution in [2.24, 2.45) is 0 Å². The number of fused-ring (bicyclic) bond motifs is 1. The Hall–Kier alpha value is -3.11. The molecule has 0 bridgehead atoms. The summed E-state index contributed by atoms with van der Waals surface area (Å²) in [5.41, 5.74) is 2.52. The largest absolute Gasteiger partial charge is 0.493 e. The fraction of sp³-hybridized carbons (Fsp3) is 0.208. The molecule has 3 rings (SSSR count). The van der Waals surface area contributed by atoms with Gasteiger partial charge in [-0.15, -0.1) is 0 Å². The van der Waals surface area contributed by atoms with Gasteiger partial charge < -0.3 is 14.7 Å². The van der Waals surface area contributed by atoms with Crippen LogP contribution < -0.4 is 4.74 Å². The van der Waals surface area contributed by atoms with E-state index in [4.69, 9.17) is 9.84 Å². The van der Waals surface area contributed by atoms with E-state index >= 15 is 0 Å². The van der Waals surface area contributed by atoms with E-state index in [0.29, 0.717) is 12.2 Å². The van der Waals surface area contributed by atoms with Gasteiger partial charge in [0.05, 0.1) is 12.2 Å². The van der Waals surface area contributed by atoms with E-state index in [2.05, 4.69) is 29.2 Å². The summed E-state index contributed by atoms with van der Waals surface area (Å²) in [5, 5.41) is 11.3. The Morgan fingerprint density at radius 3 is 2.43 bits per heavy atom. The number of ether oxygens (including phenoxy) is 1. The maximum atomic E-state index is 11.0. The van der Waals surface area contributed by atoms with Crippen molar-refractivity contribution in [3.8, 4) is 5.75 Å². The van der Waals surface area contributed by atoms with E-state index in [9.17, 15) is 4.79 Å². The lowest BCUT2D eigenvalue weighted by atomic mass is 10.1. The quantitative estimate of drug-likeness (QED) is 0.605. The maximum Gasteiger partial charge on any atom is 0.335 e. The Kier molecular flexibility index (Phi) is 6.45. The van der Waals surface area contributed by atoms with Gasteiger partial charge in [0.2, 0.25) is 0 Å². The summed E-state index contributed by atoms with van der Waals surface area (Å²) >= 11 is 0. The van der Waals surface area contributed by atoms with Gasteiger partial charge in [-0.3, -0.25) is 0 Å². The smallest absolute Gasteiger partial charge is 0.335 e.